The molecule has 1 aliphatic rings. The zero-order chi connectivity index (χ0) is 23.0. The Hall–Kier alpha value is -3.39. The third-order valence-corrected chi connectivity index (χ3v) is 6.46. The molecule has 0 saturated carbocycles. The molecule has 1 aromatic heterocycles. The number of carbonyl (C=O) groups is 2. The fourth-order valence-electron chi connectivity index (χ4n) is 3.88. The quantitative estimate of drug-likeness (QED) is 0.511. The van der Waals surface area contributed by atoms with Gasteiger partial charge in [-0.25, -0.2) is 9.18 Å². The number of fused-ring (bicyclic) bond motifs is 1. The second-order valence-electron chi connectivity index (χ2n) is 7.74. The number of ether oxygens (including phenoxy) is 2. The van der Waals surface area contributed by atoms with E-state index in [-0.39, 0.29) is 29.2 Å². The molecule has 3 aromatic rings. The number of hydrogen-bond acceptors (Lipinski definition) is 5. The van der Waals surface area contributed by atoms with Crippen LogP contribution >= 0.6 is 11.3 Å². The lowest BCUT2D eigenvalue weighted by atomic mass is 9.88. The summed E-state index contributed by atoms with van der Waals surface area (Å²) >= 11 is 1.10. The highest BCUT2D eigenvalue weighted by molar-refractivity contribution is 7.15. The van der Waals surface area contributed by atoms with Crippen LogP contribution in [0.5, 0.6) is 11.5 Å². The monoisotopic (exact) mass is 455 g/mol. The maximum Gasteiger partial charge on any atom is 0.346 e. The van der Waals surface area contributed by atoms with Crippen LogP contribution < -0.4 is 14.8 Å². The summed E-state index contributed by atoms with van der Waals surface area (Å²) in [6, 6.07) is 11.2. The number of nitrogens with one attached hydrogen (secondary N) is 1. The molecule has 1 amide bonds. The molecule has 2 aromatic carbocycles. The number of rotatable bonds is 6. The standard InChI is InChI=1S/C24H22FNO5S/c1-12(2)31-18-10-13(7-8-17(18)30-3)16-11-19(27)26-21-20(14-5-4-6-15(25)9-14)23(24(28)29)32-22(16)21/h4-10,12,16H,11H2,1-3H3,(H,26,27)(H,28,29). The Balaban J connectivity index is 1.89. The van der Waals surface area contributed by atoms with Crippen LogP contribution in [0.3, 0.4) is 0 Å². The van der Waals surface area contributed by atoms with E-state index in [1.807, 2.05) is 26.0 Å². The molecule has 0 aliphatic carbocycles. The number of aromatic carboxylic acids is 1. The van der Waals surface area contributed by atoms with Gasteiger partial charge in [-0.3, -0.25) is 4.79 Å². The van der Waals surface area contributed by atoms with Gasteiger partial charge >= 0.3 is 5.97 Å². The van der Waals surface area contributed by atoms with Crippen LogP contribution in [-0.2, 0) is 4.79 Å². The number of methoxy groups -OCH3 is 1. The van der Waals surface area contributed by atoms with Gasteiger partial charge in [0, 0.05) is 22.8 Å². The minimum absolute atomic E-state index is 0.0555. The molecule has 8 heteroatoms. The highest BCUT2D eigenvalue weighted by Gasteiger charge is 2.35. The first-order valence-electron chi connectivity index (χ1n) is 10.1. The van der Waals surface area contributed by atoms with E-state index < -0.39 is 11.8 Å². The van der Waals surface area contributed by atoms with Gasteiger partial charge in [0.15, 0.2) is 11.5 Å². The Labute approximate surface area is 188 Å². The Morgan fingerprint density at radius 2 is 2.00 bits per heavy atom. The van der Waals surface area contributed by atoms with E-state index >= 15 is 0 Å². The maximum atomic E-state index is 13.9. The summed E-state index contributed by atoms with van der Waals surface area (Å²) in [5.74, 6) is -1.10. The third-order valence-electron chi connectivity index (χ3n) is 5.17. The number of benzene rings is 2. The molecule has 0 radical (unpaired) electrons. The topological polar surface area (TPSA) is 84.9 Å². The van der Waals surface area contributed by atoms with Crippen LogP contribution in [-0.4, -0.2) is 30.2 Å². The van der Waals surface area contributed by atoms with E-state index in [1.165, 1.54) is 18.2 Å². The summed E-state index contributed by atoms with van der Waals surface area (Å²) in [5, 5.41) is 12.7. The average Bonchev–Trinajstić information content (AvgIpc) is 3.12. The second-order valence-corrected chi connectivity index (χ2v) is 8.79. The van der Waals surface area contributed by atoms with Crippen molar-refractivity contribution in [2.45, 2.75) is 32.3 Å². The Bertz CT molecular complexity index is 1200. The van der Waals surface area contributed by atoms with Gasteiger partial charge in [0.05, 0.1) is 18.9 Å². The molecular weight excluding hydrogens is 433 g/mol. The minimum Gasteiger partial charge on any atom is -0.493 e. The van der Waals surface area contributed by atoms with Crippen molar-refractivity contribution < 1.29 is 28.6 Å². The van der Waals surface area contributed by atoms with Crippen LogP contribution in [0.15, 0.2) is 42.5 Å². The molecule has 4 rings (SSSR count). The SMILES string of the molecule is COc1ccc(C2CC(=O)Nc3c2sc(C(=O)O)c3-c2cccc(F)c2)cc1OC(C)C. The number of hydrogen-bond donors (Lipinski definition) is 2. The molecule has 32 heavy (non-hydrogen) atoms. The van der Waals surface area contributed by atoms with E-state index in [0.717, 1.165) is 16.9 Å². The second kappa shape index (κ2) is 8.63. The van der Waals surface area contributed by atoms with Crippen LogP contribution in [0.2, 0.25) is 0 Å². The average molecular weight is 456 g/mol. The minimum atomic E-state index is -1.13. The predicted molar refractivity (Wildman–Crippen MR) is 121 cm³/mol. The van der Waals surface area contributed by atoms with Crippen LogP contribution in [0.4, 0.5) is 10.1 Å². The van der Waals surface area contributed by atoms with Gasteiger partial charge < -0.3 is 19.9 Å². The number of thiophene rings is 1. The van der Waals surface area contributed by atoms with Crippen LogP contribution in [0, 0.1) is 5.82 Å². The molecule has 0 saturated heterocycles. The fraction of sp³-hybridized carbons (Fsp3) is 0.250. The molecule has 1 atom stereocenters. The third kappa shape index (κ3) is 4.05. The van der Waals surface area contributed by atoms with Gasteiger partial charge in [-0.1, -0.05) is 18.2 Å². The summed E-state index contributed by atoms with van der Waals surface area (Å²) in [6.45, 7) is 3.81. The largest absolute Gasteiger partial charge is 0.493 e. The van der Waals surface area contributed by atoms with Gasteiger partial charge in [0.2, 0.25) is 5.91 Å². The smallest absolute Gasteiger partial charge is 0.346 e. The van der Waals surface area contributed by atoms with Gasteiger partial charge in [-0.2, -0.15) is 0 Å². The molecule has 6 nitrogen and oxygen atoms in total. The van der Waals surface area contributed by atoms with E-state index in [9.17, 15) is 19.1 Å². The molecular formula is C24H22FNO5S. The highest BCUT2D eigenvalue weighted by Crippen LogP contribution is 2.50. The molecule has 2 N–H and O–H groups in total. The summed E-state index contributed by atoms with van der Waals surface area (Å²) < 4.78 is 25.2. The van der Waals surface area contributed by atoms with E-state index in [2.05, 4.69) is 5.32 Å². The van der Waals surface area contributed by atoms with Gasteiger partial charge in [-0.05, 0) is 49.2 Å². The first kappa shape index (κ1) is 21.8. The Kier molecular flexibility index (Phi) is 5.88. The van der Waals surface area contributed by atoms with Crippen LogP contribution in [0.1, 0.15) is 46.3 Å². The fourth-order valence-corrected chi connectivity index (χ4v) is 5.13. The lowest BCUT2D eigenvalue weighted by Gasteiger charge is -2.25. The van der Waals surface area contributed by atoms with Crippen molar-refractivity contribution >= 4 is 28.9 Å². The Morgan fingerprint density at radius 1 is 1.22 bits per heavy atom. The Morgan fingerprint density at radius 3 is 2.66 bits per heavy atom. The highest BCUT2D eigenvalue weighted by atomic mass is 32.1. The van der Waals surface area contributed by atoms with Gasteiger partial charge in [0.25, 0.3) is 0 Å². The zero-order valence-electron chi connectivity index (χ0n) is 17.8. The summed E-state index contributed by atoms with van der Waals surface area (Å²) in [5.41, 5.74) is 1.95. The maximum absolute atomic E-state index is 13.9. The van der Waals surface area contributed by atoms with E-state index in [1.54, 1.807) is 19.2 Å². The van der Waals surface area contributed by atoms with E-state index in [0.29, 0.717) is 33.2 Å². The molecule has 0 fully saturated rings. The molecule has 0 spiro atoms. The number of carboxylic acids is 1. The molecule has 166 valence electrons. The van der Waals surface area contributed by atoms with Crippen molar-refractivity contribution in [2.24, 2.45) is 0 Å². The molecule has 1 unspecified atom stereocenters. The van der Waals surface area contributed by atoms with Crippen molar-refractivity contribution in [3.63, 3.8) is 0 Å². The normalized spacial score (nSPS) is 15.3. The number of amides is 1. The van der Waals surface area contributed by atoms with E-state index in [4.69, 9.17) is 9.47 Å². The first-order chi connectivity index (χ1) is 15.3. The molecule has 2 heterocycles. The lowest BCUT2D eigenvalue weighted by Crippen LogP contribution is -2.22. The van der Waals surface area contributed by atoms with Crippen LogP contribution in [0.25, 0.3) is 11.1 Å². The number of halogens is 1. The van der Waals surface area contributed by atoms with Crippen molar-refractivity contribution in [1.82, 2.24) is 0 Å². The number of anilines is 1. The van der Waals surface area contributed by atoms with Crippen molar-refractivity contribution in [2.75, 3.05) is 12.4 Å². The molecule has 1 aliphatic heterocycles. The summed E-state index contributed by atoms with van der Waals surface area (Å²) in [6.07, 6.45) is 0.0760. The summed E-state index contributed by atoms with van der Waals surface area (Å²) in [7, 11) is 1.55. The number of carboxylic acid groups (broad SMARTS) is 1. The predicted octanol–water partition coefficient (Wildman–Crippen LogP) is 5.52. The van der Waals surface area contributed by atoms with Crippen molar-refractivity contribution in [3.8, 4) is 22.6 Å². The van der Waals surface area contributed by atoms with Crippen molar-refractivity contribution in [1.29, 1.82) is 0 Å². The molecule has 0 bridgehead atoms. The lowest BCUT2D eigenvalue weighted by molar-refractivity contribution is -0.116. The van der Waals surface area contributed by atoms with Gasteiger partial charge in [0.1, 0.15) is 10.7 Å². The number of carbonyl (C=O) groups excluding carboxylic acids is 1. The summed E-state index contributed by atoms with van der Waals surface area (Å²) in [4.78, 5) is 25.5. The van der Waals surface area contributed by atoms with Crippen molar-refractivity contribution in [3.05, 3.63) is 63.6 Å². The zero-order valence-corrected chi connectivity index (χ0v) is 18.6. The first-order valence-corrected chi connectivity index (χ1v) is 10.9. The van der Waals surface area contributed by atoms with Gasteiger partial charge in [-0.15, -0.1) is 11.3 Å².